The van der Waals surface area contributed by atoms with Crippen LogP contribution in [0.4, 0.5) is 0 Å². The number of halogens is 1. The fourth-order valence-corrected chi connectivity index (χ4v) is 1.90. The molecule has 0 saturated carbocycles. The van der Waals surface area contributed by atoms with E-state index in [-0.39, 0.29) is 5.75 Å². The molecule has 1 aromatic carbocycles. The zero-order valence-electron chi connectivity index (χ0n) is 8.44. The van der Waals surface area contributed by atoms with Crippen LogP contribution in [-0.4, -0.2) is 27.0 Å². The van der Waals surface area contributed by atoms with Gasteiger partial charge >= 0.3 is 0 Å². The van der Waals surface area contributed by atoms with E-state index in [0.29, 0.717) is 23.8 Å². The van der Waals surface area contributed by atoms with Crippen molar-refractivity contribution >= 4 is 21.4 Å². The van der Waals surface area contributed by atoms with E-state index in [0.717, 1.165) is 0 Å². The number of hydrogen-bond donors (Lipinski definition) is 0. The van der Waals surface area contributed by atoms with Crippen molar-refractivity contribution in [1.29, 1.82) is 0 Å². The van der Waals surface area contributed by atoms with Crippen LogP contribution < -0.4 is 4.74 Å². The molecular weight excluding hydrogens is 236 g/mol. The third kappa shape index (κ3) is 5.04. The van der Waals surface area contributed by atoms with E-state index in [1.807, 2.05) is 12.1 Å². The summed E-state index contributed by atoms with van der Waals surface area (Å²) in [6.45, 7) is 0.358. The molecule has 0 N–H and O–H groups in total. The van der Waals surface area contributed by atoms with Gasteiger partial charge in [-0.1, -0.05) is 23.7 Å². The highest BCUT2D eigenvalue weighted by Crippen LogP contribution is 2.22. The Morgan fingerprint density at radius 3 is 2.60 bits per heavy atom. The number of rotatable bonds is 5. The third-order valence-corrected chi connectivity index (χ3v) is 3.10. The Bertz CT molecular complexity index is 414. The molecule has 0 amide bonds. The lowest BCUT2D eigenvalue weighted by Gasteiger charge is -2.06. The van der Waals surface area contributed by atoms with Crippen LogP contribution in [-0.2, 0) is 9.84 Å². The van der Waals surface area contributed by atoms with Gasteiger partial charge in [-0.25, -0.2) is 8.42 Å². The van der Waals surface area contributed by atoms with E-state index < -0.39 is 9.84 Å². The summed E-state index contributed by atoms with van der Waals surface area (Å²) < 4.78 is 27.0. The first-order valence-electron chi connectivity index (χ1n) is 4.54. The molecule has 0 bridgehead atoms. The summed E-state index contributed by atoms with van der Waals surface area (Å²) in [4.78, 5) is 0. The Balaban J connectivity index is 2.36. The average molecular weight is 249 g/mol. The van der Waals surface area contributed by atoms with Gasteiger partial charge in [0, 0.05) is 6.26 Å². The number of benzene rings is 1. The lowest BCUT2D eigenvalue weighted by Crippen LogP contribution is -2.08. The lowest BCUT2D eigenvalue weighted by atomic mass is 10.3. The van der Waals surface area contributed by atoms with E-state index in [2.05, 4.69) is 0 Å². The number of para-hydroxylation sites is 1. The minimum absolute atomic E-state index is 0.136. The molecule has 0 aliphatic rings. The summed E-state index contributed by atoms with van der Waals surface area (Å²) in [5.74, 6) is 0.727. The van der Waals surface area contributed by atoms with Crippen molar-refractivity contribution in [2.75, 3.05) is 18.6 Å². The predicted molar refractivity (Wildman–Crippen MR) is 61.3 cm³/mol. The molecule has 0 radical (unpaired) electrons. The van der Waals surface area contributed by atoms with Crippen LogP contribution in [0.2, 0.25) is 5.02 Å². The monoisotopic (exact) mass is 248 g/mol. The number of ether oxygens (including phenoxy) is 1. The Morgan fingerprint density at radius 1 is 1.33 bits per heavy atom. The highest BCUT2D eigenvalue weighted by Gasteiger charge is 2.03. The Labute approximate surface area is 94.9 Å². The van der Waals surface area contributed by atoms with Gasteiger partial charge < -0.3 is 4.74 Å². The molecule has 0 spiro atoms. The van der Waals surface area contributed by atoms with Gasteiger partial charge in [0.05, 0.1) is 17.4 Å². The fraction of sp³-hybridized carbons (Fsp3) is 0.400. The van der Waals surface area contributed by atoms with E-state index in [1.165, 1.54) is 6.26 Å². The van der Waals surface area contributed by atoms with Crippen molar-refractivity contribution in [3.8, 4) is 5.75 Å². The summed E-state index contributed by atoms with van der Waals surface area (Å²) in [5, 5.41) is 0.539. The lowest BCUT2D eigenvalue weighted by molar-refractivity contribution is 0.318. The van der Waals surface area contributed by atoms with Gasteiger partial charge in [-0.3, -0.25) is 0 Å². The normalized spacial score (nSPS) is 11.3. The number of hydrogen-bond acceptors (Lipinski definition) is 3. The van der Waals surface area contributed by atoms with Gasteiger partial charge in [0.25, 0.3) is 0 Å². The molecule has 0 atom stereocenters. The van der Waals surface area contributed by atoms with Crippen LogP contribution in [0.15, 0.2) is 24.3 Å². The molecule has 3 nitrogen and oxygen atoms in total. The molecular formula is C10H13ClO3S. The molecule has 5 heteroatoms. The molecule has 0 aliphatic heterocycles. The molecule has 0 saturated heterocycles. The number of sulfone groups is 1. The summed E-state index contributed by atoms with van der Waals surface area (Å²) in [6.07, 6.45) is 1.69. The highest BCUT2D eigenvalue weighted by atomic mass is 35.5. The average Bonchev–Trinajstić information content (AvgIpc) is 2.13. The maximum Gasteiger partial charge on any atom is 0.147 e. The molecule has 15 heavy (non-hydrogen) atoms. The highest BCUT2D eigenvalue weighted by molar-refractivity contribution is 7.90. The smallest absolute Gasteiger partial charge is 0.147 e. The van der Waals surface area contributed by atoms with Crippen LogP contribution in [0.25, 0.3) is 0 Å². The largest absolute Gasteiger partial charge is 0.492 e. The molecule has 1 aromatic rings. The van der Waals surface area contributed by atoms with E-state index in [4.69, 9.17) is 16.3 Å². The van der Waals surface area contributed by atoms with Gasteiger partial charge in [-0.15, -0.1) is 0 Å². The van der Waals surface area contributed by atoms with Crippen LogP contribution in [0.5, 0.6) is 5.75 Å². The predicted octanol–water partition coefficient (Wildman–Crippen LogP) is 2.15. The van der Waals surface area contributed by atoms with Gasteiger partial charge in [0.2, 0.25) is 0 Å². The van der Waals surface area contributed by atoms with Crippen molar-refractivity contribution in [2.45, 2.75) is 6.42 Å². The second kappa shape index (κ2) is 5.37. The van der Waals surface area contributed by atoms with Gasteiger partial charge in [-0.2, -0.15) is 0 Å². The van der Waals surface area contributed by atoms with Crippen LogP contribution in [0.3, 0.4) is 0 Å². The quantitative estimate of drug-likeness (QED) is 0.750. The van der Waals surface area contributed by atoms with Crippen molar-refractivity contribution in [3.63, 3.8) is 0 Å². The zero-order valence-corrected chi connectivity index (χ0v) is 10.0. The molecule has 0 fully saturated rings. The van der Waals surface area contributed by atoms with Gasteiger partial charge in [0.1, 0.15) is 15.6 Å². The topological polar surface area (TPSA) is 43.4 Å². The summed E-state index contributed by atoms with van der Waals surface area (Å²) in [6, 6.07) is 7.11. The fourth-order valence-electron chi connectivity index (χ4n) is 1.07. The summed E-state index contributed by atoms with van der Waals surface area (Å²) >= 11 is 5.85. The third-order valence-electron chi connectivity index (χ3n) is 1.75. The second-order valence-electron chi connectivity index (χ2n) is 3.26. The Morgan fingerprint density at radius 2 is 2.00 bits per heavy atom. The van der Waals surface area contributed by atoms with Crippen molar-refractivity contribution in [3.05, 3.63) is 29.3 Å². The van der Waals surface area contributed by atoms with E-state index in [9.17, 15) is 8.42 Å². The Hall–Kier alpha value is -0.740. The zero-order chi connectivity index (χ0) is 11.3. The van der Waals surface area contributed by atoms with E-state index in [1.54, 1.807) is 12.1 Å². The van der Waals surface area contributed by atoms with Crippen LogP contribution >= 0.6 is 11.6 Å². The molecule has 84 valence electrons. The van der Waals surface area contributed by atoms with E-state index >= 15 is 0 Å². The first kappa shape index (κ1) is 12.3. The van der Waals surface area contributed by atoms with Crippen molar-refractivity contribution in [1.82, 2.24) is 0 Å². The molecule has 0 heterocycles. The van der Waals surface area contributed by atoms with Crippen molar-refractivity contribution < 1.29 is 13.2 Å². The standard InChI is InChI=1S/C10H13ClO3S/c1-15(12,13)8-4-7-14-10-6-3-2-5-9(10)11/h2-3,5-6H,4,7-8H2,1H3. The first-order chi connectivity index (χ1) is 6.99. The van der Waals surface area contributed by atoms with Crippen LogP contribution in [0, 0.1) is 0 Å². The maximum atomic E-state index is 10.8. The van der Waals surface area contributed by atoms with Crippen LogP contribution in [0.1, 0.15) is 6.42 Å². The minimum atomic E-state index is -2.90. The summed E-state index contributed by atoms with van der Waals surface area (Å²) in [5.41, 5.74) is 0. The minimum Gasteiger partial charge on any atom is -0.492 e. The van der Waals surface area contributed by atoms with Gasteiger partial charge in [0.15, 0.2) is 0 Å². The van der Waals surface area contributed by atoms with Crippen molar-refractivity contribution in [2.24, 2.45) is 0 Å². The Kier molecular flexibility index (Phi) is 4.42. The SMILES string of the molecule is CS(=O)(=O)CCCOc1ccccc1Cl. The maximum absolute atomic E-state index is 10.8. The second-order valence-corrected chi connectivity index (χ2v) is 5.93. The molecule has 0 aliphatic carbocycles. The first-order valence-corrected chi connectivity index (χ1v) is 6.98. The summed E-state index contributed by atoms with van der Waals surface area (Å²) in [7, 11) is -2.90. The van der Waals surface area contributed by atoms with Gasteiger partial charge in [-0.05, 0) is 18.6 Å². The molecule has 1 rings (SSSR count). The molecule has 0 unspecified atom stereocenters. The molecule has 0 aromatic heterocycles.